The van der Waals surface area contributed by atoms with E-state index in [1.807, 2.05) is 6.92 Å². The number of carbonyl (C=O) groups is 1. The van der Waals surface area contributed by atoms with Crippen LogP contribution in [0.2, 0.25) is 0 Å². The Labute approximate surface area is 215 Å². The summed E-state index contributed by atoms with van der Waals surface area (Å²) < 4.78 is 5.85. The highest BCUT2D eigenvalue weighted by molar-refractivity contribution is 5.66. The van der Waals surface area contributed by atoms with Crippen LogP contribution in [-0.2, 0) is 9.53 Å². The van der Waals surface area contributed by atoms with Gasteiger partial charge in [0.05, 0.1) is 6.10 Å². The van der Waals surface area contributed by atoms with Gasteiger partial charge in [0.2, 0.25) is 0 Å². The number of carbonyl (C=O) groups excluding carboxylic acids is 1. The van der Waals surface area contributed by atoms with Gasteiger partial charge in [-0.25, -0.2) is 0 Å². The fourth-order valence-corrected chi connectivity index (χ4v) is 9.92. The van der Waals surface area contributed by atoms with E-state index in [4.69, 9.17) is 4.74 Å². The standard InChI is InChI=1S/C32H52O3/c1-20(2)26(34)12-10-21(3)23-14-18-32(9)25-11-13-27-29(5,6)28(35-22(4)33)16-17-30(27,7)24(25)15-19-31(23,32)8/h11,21,23-24,26-28,34H,1,10,12-19H2,2-9H3/t21-,23?,24+,26-,27+,28+,30-,31+,32-/m1/s1. The number of hydrogen-bond donors (Lipinski definition) is 1. The van der Waals surface area contributed by atoms with Crippen LogP contribution < -0.4 is 0 Å². The minimum absolute atomic E-state index is 0.000794. The molecule has 0 spiro atoms. The van der Waals surface area contributed by atoms with Crippen LogP contribution in [0.3, 0.4) is 0 Å². The summed E-state index contributed by atoms with van der Waals surface area (Å²) in [6, 6.07) is 0. The molecule has 3 fully saturated rings. The van der Waals surface area contributed by atoms with Crippen molar-refractivity contribution in [2.45, 2.75) is 125 Å². The van der Waals surface area contributed by atoms with E-state index in [0.29, 0.717) is 29.1 Å². The maximum atomic E-state index is 11.8. The van der Waals surface area contributed by atoms with E-state index < -0.39 is 0 Å². The third-order valence-electron chi connectivity index (χ3n) is 12.3. The second kappa shape index (κ2) is 9.03. The maximum Gasteiger partial charge on any atom is 0.302 e. The lowest BCUT2D eigenvalue weighted by Crippen LogP contribution is -2.58. The van der Waals surface area contributed by atoms with Gasteiger partial charge < -0.3 is 9.84 Å². The number of rotatable bonds is 6. The molecule has 3 heteroatoms. The molecule has 0 aromatic carbocycles. The van der Waals surface area contributed by atoms with Gasteiger partial charge in [-0.15, -0.1) is 0 Å². The van der Waals surface area contributed by atoms with Gasteiger partial charge in [0.15, 0.2) is 0 Å². The van der Waals surface area contributed by atoms with Crippen molar-refractivity contribution < 1.29 is 14.6 Å². The fourth-order valence-electron chi connectivity index (χ4n) is 9.92. The smallest absolute Gasteiger partial charge is 0.302 e. The highest BCUT2D eigenvalue weighted by Gasteiger charge is 2.65. The Bertz CT molecular complexity index is 885. The van der Waals surface area contributed by atoms with E-state index in [-0.39, 0.29) is 34.4 Å². The lowest BCUT2D eigenvalue weighted by Gasteiger charge is -2.64. The minimum Gasteiger partial charge on any atom is -0.462 e. The van der Waals surface area contributed by atoms with Crippen molar-refractivity contribution in [1.29, 1.82) is 0 Å². The molecular weight excluding hydrogens is 432 g/mol. The van der Waals surface area contributed by atoms with Gasteiger partial charge in [0.25, 0.3) is 0 Å². The molecule has 1 unspecified atom stereocenters. The summed E-state index contributed by atoms with van der Waals surface area (Å²) in [6.07, 6.45) is 12.7. The van der Waals surface area contributed by atoms with E-state index >= 15 is 0 Å². The van der Waals surface area contributed by atoms with Crippen molar-refractivity contribution in [2.75, 3.05) is 0 Å². The molecule has 1 N–H and O–H groups in total. The monoisotopic (exact) mass is 484 g/mol. The Kier molecular flexibility index (Phi) is 6.96. The number of esters is 1. The van der Waals surface area contributed by atoms with Crippen molar-refractivity contribution in [3.8, 4) is 0 Å². The van der Waals surface area contributed by atoms with E-state index in [9.17, 15) is 9.90 Å². The quantitative estimate of drug-likeness (QED) is 0.308. The predicted molar refractivity (Wildman–Crippen MR) is 144 cm³/mol. The van der Waals surface area contributed by atoms with Crippen LogP contribution in [0.15, 0.2) is 23.8 Å². The molecule has 4 aliphatic rings. The molecule has 0 aromatic heterocycles. The topological polar surface area (TPSA) is 46.5 Å². The van der Waals surface area contributed by atoms with Gasteiger partial charge in [-0.1, -0.05) is 65.3 Å². The normalized spacial score (nSPS) is 43.7. The largest absolute Gasteiger partial charge is 0.462 e. The lowest BCUT2D eigenvalue weighted by molar-refractivity contribution is -0.174. The molecule has 0 heterocycles. The van der Waals surface area contributed by atoms with Gasteiger partial charge >= 0.3 is 5.97 Å². The molecule has 0 radical (unpaired) electrons. The first-order valence-corrected chi connectivity index (χ1v) is 14.4. The molecule has 0 amide bonds. The average Bonchev–Trinajstić information content (AvgIpc) is 3.05. The Balaban J connectivity index is 1.59. The Morgan fingerprint density at radius 3 is 2.40 bits per heavy atom. The first-order valence-electron chi connectivity index (χ1n) is 14.4. The summed E-state index contributed by atoms with van der Waals surface area (Å²) in [7, 11) is 0. The summed E-state index contributed by atoms with van der Waals surface area (Å²) in [5.41, 5.74) is 3.54. The fraction of sp³-hybridized carbons (Fsp3) is 0.844. The van der Waals surface area contributed by atoms with Crippen LogP contribution in [0.4, 0.5) is 0 Å². The maximum absolute atomic E-state index is 11.8. The van der Waals surface area contributed by atoms with Crippen LogP contribution in [0.5, 0.6) is 0 Å². The Morgan fingerprint density at radius 1 is 1.09 bits per heavy atom. The van der Waals surface area contributed by atoms with Crippen LogP contribution >= 0.6 is 0 Å². The summed E-state index contributed by atoms with van der Waals surface area (Å²) >= 11 is 0. The number of aliphatic hydroxyl groups excluding tert-OH is 1. The van der Waals surface area contributed by atoms with Crippen molar-refractivity contribution in [3.63, 3.8) is 0 Å². The van der Waals surface area contributed by atoms with Gasteiger partial charge in [-0.3, -0.25) is 4.79 Å². The summed E-state index contributed by atoms with van der Waals surface area (Å²) in [6.45, 7) is 22.4. The molecule has 35 heavy (non-hydrogen) atoms. The summed E-state index contributed by atoms with van der Waals surface area (Å²) in [5, 5.41) is 10.3. The highest BCUT2D eigenvalue weighted by atomic mass is 16.5. The van der Waals surface area contributed by atoms with Crippen molar-refractivity contribution in [3.05, 3.63) is 23.8 Å². The predicted octanol–water partition coefficient (Wildman–Crippen LogP) is 7.88. The van der Waals surface area contributed by atoms with Crippen molar-refractivity contribution in [2.24, 2.45) is 45.3 Å². The molecule has 9 atom stereocenters. The third kappa shape index (κ3) is 4.07. The number of allylic oxidation sites excluding steroid dienone is 2. The molecular formula is C32H52O3. The van der Waals surface area contributed by atoms with E-state index in [2.05, 4.69) is 54.2 Å². The van der Waals surface area contributed by atoms with Crippen LogP contribution in [0, 0.1) is 45.3 Å². The average molecular weight is 485 g/mol. The van der Waals surface area contributed by atoms with Crippen molar-refractivity contribution in [1.82, 2.24) is 0 Å². The minimum atomic E-state index is -0.364. The molecule has 4 aliphatic carbocycles. The number of ether oxygens (including phenoxy) is 1. The lowest BCUT2D eigenvalue weighted by atomic mass is 9.41. The Hall–Kier alpha value is -1.09. The van der Waals surface area contributed by atoms with Crippen LogP contribution in [-0.4, -0.2) is 23.3 Å². The summed E-state index contributed by atoms with van der Waals surface area (Å²) in [5.74, 6) is 2.40. The van der Waals surface area contributed by atoms with Crippen molar-refractivity contribution >= 4 is 5.97 Å². The summed E-state index contributed by atoms with van der Waals surface area (Å²) in [4.78, 5) is 11.8. The Morgan fingerprint density at radius 2 is 1.77 bits per heavy atom. The van der Waals surface area contributed by atoms with E-state index in [1.54, 1.807) is 12.5 Å². The second-order valence-electron chi connectivity index (χ2n) is 14.3. The molecule has 0 bridgehead atoms. The van der Waals surface area contributed by atoms with E-state index in [0.717, 1.165) is 37.7 Å². The molecule has 4 rings (SSSR count). The molecule has 3 saturated carbocycles. The number of hydrogen-bond acceptors (Lipinski definition) is 3. The molecule has 0 aromatic rings. The van der Waals surface area contributed by atoms with E-state index in [1.165, 1.54) is 25.7 Å². The highest BCUT2D eigenvalue weighted by Crippen LogP contribution is 2.73. The van der Waals surface area contributed by atoms with Crippen LogP contribution in [0.25, 0.3) is 0 Å². The molecule has 0 aliphatic heterocycles. The van der Waals surface area contributed by atoms with Gasteiger partial charge in [-0.05, 0) is 105 Å². The van der Waals surface area contributed by atoms with Gasteiger partial charge in [0.1, 0.15) is 6.10 Å². The molecule has 0 saturated heterocycles. The third-order valence-corrected chi connectivity index (χ3v) is 12.3. The second-order valence-corrected chi connectivity index (χ2v) is 14.3. The number of aliphatic hydroxyl groups is 1. The molecule has 198 valence electrons. The SMILES string of the molecule is C=C(C)[C@H](O)CC[C@@H](C)C1CC[C@]2(C)C3=CC[C@H]4C(C)(C)[C@@H](OC(C)=O)CC[C@]4(C)[C@H]3CC[C@@]12C. The number of fused-ring (bicyclic) bond motifs is 5. The zero-order valence-electron chi connectivity index (χ0n) is 23.9. The van der Waals surface area contributed by atoms with Crippen LogP contribution in [0.1, 0.15) is 113 Å². The first kappa shape index (κ1) is 27.0. The zero-order chi connectivity index (χ0) is 26.0. The first-order chi connectivity index (χ1) is 16.2. The van der Waals surface area contributed by atoms with Gasteiger partial charge in [0, 0.05) is 12.3 Å². The zero-order valence-corrected chi connectivity index (χ0v) is 23.9. The molecule has 3 nitrogen and oxygen atoms in total. The van der Waals surface area contributed by atoms with Gasteiger partial charge in [-0.2, -0.15) is 0 Å².